The van der Waals surface area contributed by atoms with Gasteiger partial charge < -0.3 is 9.84 Å². The van der Waals surface area contributed by atoms with Crippen LogP contribution < -0.4 is 0 Å². The zero-order chi connectivity index (χ0) is 18.3. The fourth-order valence-corrected chi connectivity index (χ4v) is 3.77. The molecule has 4 heteroatoms. The first-order valence-electron chi connectivity index (χ1n) is 8.25. The van der Waals surface area contributed by atoms with Crippen LogP contribution in [0.2, 0.25) is 0 Å². The number of fused-ring (bicyclic) bond motifs is 1. The molecular weight excluding hydrogens is 312 g/mol. The van der Waals surface area contributed by atoms with Crippen molar-refractivity contribution >= 4 is 0 Å². The molecule has 0 bridgehead atoms. The molecule has 2 atom stereocenters. The number of hydrogen-bond acceptors (Lipinski definition) is 4. The lowest BCUT2D eigenvalue weighted by molar-refractivity contribution is -0.151. The molecule has 0 radical (unpaired) electrons. The molecule has 2 aromatic carbocycles. The number of aliphatic hydroxyl groups excluding tert-OH is 1. The van der Waals surface area contributed by atoms with Crippen LogP contribution in [0.5, 0.6) is 0 Å². The van der Waals surface area contributed by atoms with E-state index in [0.29, 0.717) is 23.1 Å². The molecule has 0 unspecified atom stereocenters. The zero-order valence-electron chi connectivity index (χ0n) is 14.8. The Bertz CT molecular complexity index is 948. The maximum absolute atomic E-state index is 10.6. The third kappa shape index (κ3) is 2.81. The van der Waals surface area contributed by atoms with Crippen LogP contribution in [0.25, 0.3) is 0 Å². The molecule has 0 spiro atoms. The molecule has 0 saturated carbocycles. The maximum atomic E-state index is 10.6. The van der Waals surface area contributed by atoms with Gasteiger partial charge in [0, 0.05) is 12.0 Å². The standard InChI is InChI=1S/C21H20N2O2/c1-11-5-12(2)16(7-15(11)9-22)19-8-17-18(10-23)13(3)6-14(4)20(17)21(24)25-19/h5-7,19,21,24H,8H2,1-4H3/t19-,21-/m0/s1. The summed E-state index contributed by atoms with van der Waals surface area (Å²) in [7, 11) is 0. The second-order valence-electron chi connectivity index (χ2n) is 6.71. The van der Waals surface area contributed by atoms with Crippen LogP contribution in [-0.2, 0) is 11.2 Å². The Morgan fingerprint density at radius 2 is 1.64 bits per heavy atom. The van der Waals surface area contributed by atoms with E-state index in [4.69, 9.17) is 4.74 Å². The van der Waals surface area contributed by atoms with Gasteiger partial charge in [0.2, 0.25) is 0 Å². The first-order chi connectivity index (χ1) is 11.9. The van der Waals surface area contributed by atoms with Gasteiger partial charge in [0.05, 0.1) is 29.4 Å². The van der Waals surface area contributed by atoms with E-state index in [0.717, 1.165) is 33.4 Å². The maximum Gasteiger partial charge on any atom is 0.182 e. The molecule has 0 saturated heterocycles. The predicted molar refractivity (Wildman–Crippen MR) is 93.8 cm³/mol. The van der Waals surface area contributed by atoms with Gasteiger partial charge in [0.1, 0.15) is 0 Å². The molecule has 3 rings (SSSR count). The van der Waals surface area contributed by atoms with Crippen LogP contribution in [0.15, 0.2) is 18.2 Å². The van der Waals surface area contributed by atoms with Crippen LogP contribution >= 0.6 is 0 Å². The molecular formula is C21H20N2O2. The lowest BCUT2D eigenvalue weighted by Gasteiger charge is -2.32. The molecule has 1 N–H and O–H groups in total. The van der Waals surface area contributed by atoms with Crippen molar-refractivity contribution in [3.8, 4) is 12.1 Å². The Morgan fingerprint density at radius 3 is 2.28 bits per heavy atom. The number of nitrogens with zero attached hydrogens (tertiary/aromatic N) is 2. The van der Waals surface area contributed by atoms with Crippen LogP contribution in [-0.4, -0.2) is 5.11 Å². The summed E-state index contributed by atoms with van der Waals surface area (Å²) in [6.45, 7) is 7.71. The molecule has 25 heavy (non-hydrogen) atoms. The average Bonchev–Trinajstić information content (AvgIpc) is 2.54. The zero-order valence-corrected chi connectivity index (χ0v) is 14.8. The van der Waals surface area contributed by atoms with E-state index in [2.05, 4.69) is 12.1 Å². The summed E-state index contributed by atoms with van der Waals surface area (Å²) in [4.78, 5) is 0. The highest BCUT2D eigenvalue weighted by Crippen LogP contribution is 2.41. The van der Waals surface area contributed by atoms with Gasteiger partial charge in [-0.15, -0.1) is 0 Å². The topological polar surface area (TPSA) is 77.0 Å². The quantitative estimate of drug-likeness (QED) is 0.857. The van der Waals surface area contributed by atoms with Crippen LogP contribution in [0, 0.1) is 50.4 Å². The molecule has 1 aliphatic heterocycles. The fraction of sp³-hybridized carbons (Fsp3) is 0.333. The van der Waals surface area contributed by atoms with Crippen molar-refractivity contribution in [2.45, 2.75) is 46.5 Å². The first-order valence-corrected chi connectivity index (χ1v) is 8.25. The molecule has 0 amide bonds. The molecule has 4 nitrogen and oxygen atoms in total. The highest BCUT2D eigenvalue weighted by Gasteiger charge is 2.32. The fourth-order valence-electron chi connectivity index (χ4n) is 3.77. The minimum absolute atomic E-state index is 0.386. The van der Waals surface area contributed by atoms with Crippen LogP contribution in [0.4, 0.5) is 0 Å². The second kappa shape index (κ2) is 6.33. The third-order valence-corrected chi connectivity index (χ3v) is 5.00. The van der Waals surface area contributed by atoms with Crippen molar-refractivity contribution in [2.24, 2.45) is 0 Å². The summed E-state index contributed by atoms with van der Waals surface area (Å²) in [5.41, 5.74) is 7.41. The Morgan fingerprint density at radius 1 is 0.960 bits per heavy atom. The molecule has 126 valence electrons. The van der Waals surface area contributed by atoms with E-state index in [-0.39, 0.29) is 6.10 Å². The number of rotatable bonds is 1. The number of aryl methyl sites for hydroxylation is 4. The number of ether oxygens (including phenoxy) is 1. The van der Waals surface area contributed by atoms with Crippen molar-refractivity contribution < 1.29 is 9.84 Å². The van der Waals surface area contributed by atoms with Crippen molar-refractivity contribution in [2.75, 3.05) is 0 Å². The van der Waals surface area contributed by atoms with Crippen molar-refractivity contribution in [3.63, 3.8) is 0 Å². The van der Waals surface area contributed by atoms with Gasteiger partial charge in [-0.2, -0.15) is 10.5 Å². The number of aliphatic hydroxyl groups is 1. The van der Waals surface area contributed by atoms with E-state index in [1.165, 1.54) is 0 Å². The van der Waals surface area contributed by atoms with Gasteiger partial charge in [-0.1, -0.05) is 12.1 Å². The Kier molecular flexibility index (Phi) is 4.35. The molecule has 2 aromatic rings. The SMILES string of the molecule is Cc1cc(C)c([C@@H]2Cc3c(C#N)c(C)cc(C)c3[C@@H](O)O2)cc1C#N. The average molecular weight is 332 g/mol. The highest BCUT2D eigenvalue weighted by molar-refractivity contribution is 5.54. The molecule has 0 aromatic heterocycles. The van der Waals surface area contributed by atoms with Crippen LogP contribution in [0.3, 0.4) is 0 Å². The minimum atomic E-state index is -1.08. The Labute approximate surface area is 147 Å². The summed E-state index contributed by atoms with van der Waals surface area (Å²) >= 11 is 0. The van der Waals surface area contributed by atoms with Gasteiger partial charge >= 0.3 is 0 Å². The van der Waals surface area contributed by atoms with Gasteiger partial charge in [0.25, 0.3) is 0 Å². The smallest absolute Gasteiger partial charge is 0.182 e. The van der Waals surface area contributed by atoms with Crippen LogP contribution in [0.1, 0.15) is 62.5 Å². The summed E-state index contributed by atoms with van der Waals surface area (Å²) < 4.78 is 5.88. The number of benzene rings is 2. The lowest BCUT2D eigenvalue weighted by Crippen LogP contribution is -2.23. The minimum Gasteiger partial charge on any atom is -0.364 e. The monoisotopic (exact) mass is 332 g/mol. The lowest BCUT2D eigenvalue weighted by atomic mass is 9.85. The van der Waals surface area contributed by atoms with Crippen molar-refractivity contribution in [1.29, 1.82) is 10.5 Å². The largest absolute Gasteiger partial charge is 0.364 e. The number of hydrogen-bond donors (Lipinski definition) is 1. The summed E-state index contributed by atoms with van der Waals surface area (Å²) in [5, 5.41) is 29.4. The van der Waals surface area contributed by atoms with E-state index < -0.39 is 6.29 Å². The van der Waals surface area contributed by atoms with E-state index in [1.807, 2.05) is 45.9 Å². The van der Waals surface area contributed by atoms with Gasteiger partial charge in [-0.05, 0) is 67.1 Å². The summed E-state index contributed by atoms with van der Waals surface area (Å²) in [6.07, 6.45) is -0.955. The normalized spacial score (nSPS) is 19.0. The Hall–Kier alpha value is -2.66. The summed E-state index contributed by atoms with van der Waals surface area (Å²) in [6, 6.07) is 10.2. The summed E-state index contributed by atoms with van der Waals surface area (Å²) in [5.74, 6) is 0. The van der Waals surface area contributed by atoms with Gasteiger partial charge in [0.15, 0.2) is 6.29 Å². The van der Waals surface area contributed by atoms with E-state index in [9.17, 15) is 15.6 Å². The molecule has 1 heterocycles. The predicted octanol–water partition coefficient (Wildman–Crippen LogP) is 3.97. The number of nitriles is 2. The van der Waals surface area contributed by atoms with Gasteiger partial charge in [-0.3, -0.25) is 0 Å². The van der Waals surface area contributed by atoms with Crippen molar-refractivity contribution in [1.82, 2.24) is 0 Å². The molecule has 0 fully saturated rings. The third-order valence-electron chi connectivity index (χ3n) is 5.00. The van der Waals surface area contributed by atoms with Gasteiger partial charge in [-0.25, -0.2) is 0 Å². The van der Waals surface area contributed by atoms with E-state index >= 15 is 0 Å². The second-order valence-corrected chi connectivity index (χ2v) is 6.71. The molecule has 1 aliphatic rings. The van der Waals surface area contributed by atoms with E-state index in [1.54, 1.807) is 0 Å². The first kappa shape index (κ1) is 17.2. The highest BCUT2D eigenvalue weighted by atomic mass is 16.6. The Balaban J connectivity index is 2.15. The molecule has 0 aliphatic carbocycles. The van der Waals surface area contributed by atoms with Crippen molar-refractivity contribution in [3.05, 3.63) is 68.3 Å².